The molecule has 1 N–H and O–H groups in total. The van der Waals surface area contributed by atoms with Gasteiger partial charge in [0, 0.05) is 30.7 Å². The van der Waals surface area contributed by atoms with Gasteiger partial charge in [0.15, 0.2) is 0 Å². The predicted octanol–water partition coefficient (Wildman–Crippen LogP) is 2.24. The van der Waals surface area contributed by atoms with Crippen LogP contribution < -0.4 is 10.2 Å². The fourth-order valence-electron chi connectivity index (χ4n) is 4.86. The van der Waals surface area contributed by atoms with Gasteiger partial charge in [-0.05, 0) is 56.6 Å². The van der Waals surface area contributed by atoms with E-state index in [0.29, 0.717) is 13.1 Å². The molecule has 0 unspecified atom stereocenters. The molecule has 1 aliphatic carbocycles. The van der Waals surface area contributed by atoms with Gasteiger partial charge in [0.1, 0.15) is 6.04 Å². The largest absolute Gasteiger partial charge is 0.326 e. The van der Waals surface area contributed by atoms with E-state index in [9.17, 15) is 9.59 Å². The minimum Gasteiger partial charge on any atom is -0.326 e. The van der Waals surface area contributed by atoms with Gasteiger partial charge in [0.05, 0.1) is 12.6 Å². The first-order valence-electron chi connectivity index (χ1n) is 10.5. The number of carbonyl (C=O) groups excluding carboxylic acids is 2. The quantitative estimate of drug-likeness (QED) is 0.869. The molecule has 0 aromatic heterocycles. The smallest absolute Gasteiger partial charge is 0.237 e. The van der Waals surface area contributed by atoms with E-state index in [-0.39, 0.29) is 29.8 Å². The van der Waals surface area contributed by atoms with Crippen molar-refractivity contribution < 1.29 is 9.59 Å². The minimum absolute atomic E-state index is 0.0240. The highest BCUT2D eigenvalue weighted by molar-refractivity contribution is 5.97. The van der Waals surface area contributed by atoms with Gasteiger partial charge in [-0.1, -0.05) is 18.2 Å². The SMILES string of the molecule is N#C[C@@H]1CCCN1C(=O)CN[C@H]1CC[C@H](C(=O)N2CCc3ccccc32)CC1. The summed E-state index contributed by atoms with van der Waals surface area (Å²) in [6, 6.07) is 10.4. The molecule has 2 heterocycles. The maximum Gasteiger partial charge on any atom is 0.237 e. The molecule has 2 amide bonds. The molecule has 1 atom stereocenters. The minimum atomic E-state index is -0.258. The zero-order valence-electron chi connectivity index (χ0n) is 16.3. The van der Waals surface area contributed by atoms with E-state index < -0.39 is 0 Å². The molecule has 1 saturated carbocycles. The maximum atomic E-state index is 13.0. The van der Waals surface area contributed by atoms with Gasteiger partial charge in [-0.25, -0.2) is 0 Å². The summed E-state index contributed by atoms with van der Waals surface area (Å²) in [5, 5.41) is 12.5. The van der Waals surface area contributed by atoms with Gasteiger partial charge >= 0.3 is 0 Å². The summed E-state index contributed by atoms with van der Waals surface area (Å²) in [6.45, 7) is 1.78. The molecule has 148 valence electrons. The third-order valence-corrected chi connectivity index (χ3v) is 6.49. The van der Waals surface area contributed by atoms with Gasteiger partial charge in [0.2, 0.25) is 11.8 Å². The van der Waals surface area contributed by atoms with Gasteiger partial charge in [-0.3, -0.25) is 9.59 Å². The van der Waals surface area contributed by atoms with E-state index in [0.717, 1.165) is 57.2 Å². The van der Waals surface area contributed by atoms with Crippen LogP contribution in [0.4, 0.5) is 5.69 Å². The number of benzene rings is 1. The number of rotatable bonds is 4. The first kappa shape index (κ1) is 18.9. The lowest BCUT2D eigenvalue weighted by Crippen LogP contribution is -2.45. The average molecular weight is 380 g/mol. The van der Waals surface area contributed by atoms with Crippen molar-refractivity contribution in [2.45, 2.75) is 57.0 Å². The molecule has 2 fully saturated rings. The summed E-state index contributed by atoms with van der Waals surface area (Å²) in [4.78, 5) is 29.0. The van der Waals surface area contributed by atoms with Crippen molar-refractivity contribution in [1.29, 1.82) is 5.26 Å². The second kappa shape index (κ2) is 8.32. The Hall–Kier alpha value is -2.39. The molecule has 6 nitrogen and oxygen atoms in total. The molecule has 0 spiro atoms. The Labute approximate surface area is 166 Å². The number of carbonyl (C=O) groups is 2. The molecule has 1 saturated heterocycles. The second-order valence-corrected chi connectivity index (χ2v) is 8.17. The Morgan fingerprint density at radius 1 is 1.11 bits per heavy atom. The fourth-order valence-corrected chi connectivity index (χ4v) is 4.86. The number of nitrogens with one attached hydrogen (secondary N) is 1. The molecular weight excluding hydrogens is 352 g/mol. The van der Waals surface area contributed by atoms with Crippen LogP contribution in [-0.2, 0) is 16.0 Å². The maximum absolute atomic E-state index is 13.0. The summed E-state index contributed by atoms with van der Waals surface area (Å²) < 4.78 is 0. The molecule has 0 radical (unpaired) electrons. The lowest BCUT2D eigenvalue weighted by atomic mass is 9.85. The third kappa shape index (κ3) is 3.77. The lowest BCUT2D eigenvalue weighted by Gasteiger charge is -2.31. The third-order valence-electron chi connectivity index (χ3n) is 6.49. The van der Waals surface area contributed by atoms with Crippen molar-refractivity contribution >= 4 is 17.5 Å². The molecule has 6 heteroatoms. The molecule has 4 rings (SSSR count). The monoisotopic (exact) mass is 380 g/mol. The zero-order chi connectivity index (χ0) is 19.5. The number of amides is 2. The molecule has 3 aliphatic rings. The van der Waals surface area contributed by atoms with Gasteiger partial charge in [0.25, 0.3) is 0 Å². The van der Waals surface area contributed by atoms with Gasteiger partial charge in [-0.2, -0.15) is 5.26 Å². The van der Waals surface area contributed by atoms with E-state index in [4.69, 9.17) is 5.26 Å². The Balaban J connectivity index is 1.24. The van der Waals surface area contributed by atoms with Crippen molar-refractivity contribution in [3.05, 3.63) is 29.8 Å². The molecular formula is C22H28N4O2. The van der Waals surface area contributed by atoms with Crippen LogP contribution in [-0.4, -0.2) is 48.4 Å². The number of hydrogen-bond donors (Lipinski definition) is 1. The van der Waals surface area contributed by atoms with Crippen LogP contribution in [0.2, 0.25) is 0 Å². The normalized spacial score (nSPS) is 26.8. The van der Waals surface area contributed by atoms with Crippen molar-refractivity contribution in [2.75, 3.05) is 24.5 Å². The standard InChI is InChI=1S/C22H28N4O2/c23-14-19-5-3-12-25(19)21(27)15-24-18-9-7-17(8-10-18)22(28)26-13-11-16-4-1-2-6-20(16)26/h1-2,4,6,17-19,24H,3,5,7-13,15H2/t17-,18-,19-/m0/s1. The van der Waals surface area contributed by atoms with Crippen LogP contribution in [0.15, 0.2) is 24.3 Å². The van der Waals surface area contributed by atoms with Crippen LogP contribution in [0.25, 0.3) is 0 Å². The first-order chi connectivity index (χ1) is 13.7. The Morgan fingerprint density at radius 3 is 2.68 bits per heavy atom. The van der Waals surface area contributed by atoms with E-state index in [1.165, 1.54) is 5.56 Å². The summed E-state index contributed by atoms with van der Waals surface area (Å²) in [7, 11) is 0. The number of para-hydroxylation sites is 1. The highest BCUT2D eigenvalue weighted by atomic mass is 16.2. The fraction of sp³-hybridized carbons (Fsp3) is 0.591. The van der Waals surface area contributed by atoms with Crippen LogP contribution in [0.5, 0.6) is 0 Å². The Bertz CT molecular complexity index is 779. The van der Waals surface area contributed by atoms with E-state index >= 15 is 0 Å². The predicted molar refractivity (Wildman–Crippen MR) is 107 cm³/mol. The van der Waals surface area contributed by atoms with Crippen molar-refractivity contribution in [3.63, 3.8) is 0 Å². The van der Waals surface area contributed by atoms with E-state index in [1.54, 1.807) is 4.90 Å². The van der Waals surface area contributed by atoms with Gasteiger partial charge in [-0.15, -0.1) is 0 Å². The van der Waals surface area contributed by atoms with Crippen molar-refractivity contribution in [2.24, 2.45) is 5.92 Å². The summed E-state index contributed by atoms with van der Waals surface area (Å²) >= 11 is 0. The number of likely N-dealkylation sites (tertiary alicyclic amines) is 1. The molecule has 1 aromatic carbocycles. The molecule has 1 aromatic rings. The number of nitriles is 1. The topological polar surface area (TPSA) is 76.4 Å². The van der Waals surface area contributed by atoms with Crippen molar-refractivity contribution in [1.82, 2.24) is 10.2 Å². The number of anilines is 1. The molecule has 2 aliphatic heterocycles. The highest BCUT2D eigenvalue weighted by Crippen LogP contribution is 2.32. The van der Waals surface area contributed by atoms with Gasteiger partial charge < -0.3 is 15.1 Å². The van der Waals surface area contributed by atoms with Crippen LogP contribution in [0.3, 0.4) is 0 Å². The number of fused-ring (bicyclic) bond motifs is 1. The van der Waals surface area contributed by atoms with Crippen molar-refractivity contribution in [3.8, 4) is 6.07 Å². The van der Waals surface area contributed by atoms with E-state index in [1.807, 2.05) is 23.1 Å². The Kier molecular flexibility index (Phi) is 5.63. The number of hydrogen-bond acceptors (Lipinski definition) is 4. The summed E-state index contributed by atoms with van der Waals surface area (Å²) in [6.07, 6.45) is 6.22. The van der Waals surface area contributed by atoms with Crippen LogP contribution in [0, 0.1) is 17.2 Å². The zero-order valence-corrected chi connectivity index (χ0v) is 16.3. The molecule has 28 heavy (non-hydrogen) atoms. The Morgan fingerprint density at radius 2 is 1.89 bits per heavy atom. The van der Waals surface area contributed by atoms with E-state index in [2.05, 4.69) is 17.5 Å². The van der Waals surface area contributed by atoms with Crippen LogP contribution in [0.1, 0.15) is 44.1 Å². The second-order valence-electron chi connectivity index (χ2n) is 8.17. The highest BCUT2D eigenvalue weighted by Gasteiger charge is 2.33. The number of nitrogens with zero attached hydrogens (tertiary/aromatic N) is 3. The average Bonchev–Trinajstić information content (AvgIpc) is 3.38. The summed E-state index contributed by atoms with van der Waals surface area (Å²) in [5.41, 5.74) is 2.35. The lowest BCUT2D eigenvalue weighted by molar-refractivity contribution is -0.130. The first-order valence-corrected chi connectivity index (χ1v) is 10.5. The van der Waals surface area contributed by atoms with Crippen LogP contribution >= 0.6 is 0 Å². The summed E-state index contributed by atoms with van der Waals surface area (Å²) in [5.74, 6) is 0.366. The molecule has 0 bridgehead atoms.